The second kappa shape index (κ2) is 17.5. The third kappa shape index (κ3) is 7.77. The number of hydrogen-bond donors (Lipinski definition) is 4. The molecule has 0 radical (unpaired) electrons. The van der Waals surface area contributed by atoms with Crippen molar-refractivity contribution in [1.29, 1.82) is 10.5 Å². The summed E-state index contributed by atoms with van der Waals surface area (Å²) in [5.41, 5.74) is 3.31. The molecule has 0 unspecified atom stereocenters. The number of pyridine rings is 2. The second-order valence-corrected chi connectivity index (χ2v) is 15.8. The Morgan fingerprint density at radius 1 is 0.667 bits per heavy atom. The molecule has 2 aromatic carbocycles. The molecule has 4 atom stereocenters. The van der Waals surface area contributed by atoms with E-state index in [1.165, 1.54) is 45.8 Å². The van der Waals surface area contributed by atoms with Gasteiger partial charge in [-0.15, -0.1) is 0 Å². The number of amides is 2. The fourth-order valence-corrected chi connectivity index (χ4v) is 8.58. The quantitative estimate of drug-likeness (QED) is 0.174. The van der Waals surface area contributed by atoms with Crippen LogP contribution in [0.3, 0.4) is 0 Å². The van der Waals surface area contributed by atoms with E-state index in [9.17, 15) is 39.1 Å². The van der Waals surface area contributed by atoms with Crippen molar-refractivity contribution in [2.45, 2.75) is 50.2 Å². The van der Waals surface area contributed by atoms with Gasteiger partial charge in [-0.1, -0.05) is 12.1 Å². The summed E-state index contributed by atoms with van der Waals surface area (Å²) in [5, 5.41) is 54.0. The van der Waals surface area contributed by atoms with Crippen molar-refractivity contribution in [3.63, 3.8) is 0 Å². The minimum absolute atomic E-state index is 0.0696. The number of nitriles is 2. The van der Waals surface area contributed by atoms with Crippen LogP contribution in [0.5, 0.6) is 0 Å². The Balaban J connectivity index is 0.000000166. The first-order valence-corrected chi connectivity index (χ1v) is 20.7. The van der Waals surface area contributed by atoms with Crippen molar-refractivity contribution in [3.8, 4) is 46.0 Å². The average molecular weight is 887 g/mol. The average Bonchev–Trinajstić information content (AvgIpc) is 4.16. The second-order valence-electron chi connectivity index (χ2n) is 15.8. The van der Waals surface area contributed by atoms with E-state index in [1.54, 1.807) is 36.7 Å². The van der Waals surface area contributed by atoms with Gasteiger partial charge in [0, 0.05) is 50.5 Å². The topological polar surface area (TPSA) is 223 Å². The first-order chi connectivity index (χ1) is 32.0. The molecule has 4 aliphatic rings. The number of aromatic nitrogens is 6. The fourth-order valence-electron chi connectivity index (χ4n) is 8.58. The van der Waals surface area contributed by atoms with Crippen LogP contribution in [-0.4, -0.2) is 102 Å². The van der Waals surface area contributed by atoms with Gasteiger partial charge in [-0.25, -0.2) is 41.3 Å². The van der Waals surface area contributed by atoms with E-state index < -0.39 is 35.9 Å². The lowest BCUT2D eigenvalue weighted by molar-refractivity contribution is 0.0957. The highest BCUT2D eigenvalue weighted by atomic mass is 19.1. The maximum atomic E-state index is 14.7. The largest absolute Gasteiger partial charge is 0.383 e. The monoisotopic (exact) mass is 886 g/mol. The van der Waals surface area contributed by atoms with Crippen molar-refractivity contribution in [3.05, 3.63) is 141 Å². The molecule has 0 saturated carbocycles. The van der Waals surface area contributed by atoms with Crippen LogP contribution >= 0.6 is 0 Å². The number of nitrogens with one attached hydrogen (secondary N) is 2. The number of nitrogens with zero attached hydrogens (tertiary/aromatic N) is 12. The maximum Gasteiger partial charge on any atom is 0.255 e. The van der Waals surface area contributed by atoms with Crippen LogP contribution in [0, 0.1) is 47.4 Å². The van der Waals surface area contributed by atoms with Gasteiger partial charge in [-0.05, 0) is 36.4 Å². The fraction of sp³-hybridized carbons (Fsp3) is 0.261. The summed E-state index contributed by atoms with van der Waals surface area (Å²) in [6.07, 6.45) is 2.88. The van der Waals surface area contributed by atoms with Crippen LogP contribution in [-0.2, 0) is 13.1 Å². The number of carbonyl (C=O) groups excluding carboxylic acids is 2. The Bertz CT molecular complexity index is 2910. The van der Waals surface area contributed by atoms with Gasteiger partial charge in [0.25, 0.3) is 23.9 Å². The number of halogens is 2. The lowest BCUT2D eigenvalue weighted by Crippen LogP contribution is -2.45. The molecule has 2 saturated heterocycles. The molecule has 10 rings (SSSR count). The van der Waals surface area contributed by atoms with Crippen molar-refractivity contribution in [2.75, 3.05) is 36.0 Å². The number of carbonyl (C=O) groups is 2. The van der Waals surface area contributed by atoms with Gasteiger partial charge in [0.1, 0.15) is 23.8 Å². The molecule has 0 spiro atoms. The van der Waals surface area contributed by atoms with Gasteiger partial charge in [-0.3, -0.25) is 9.59 Å². The Morgan fingerprint density at radius 2 is 1.09 bits per heavy atom. The highest BCUT2D eigenvalue weighted by Gasteiger charge is 2.35. The molecule has 2 amide bonds. The number of rotatable bonds is 6. The Hall–Kier alpha value is -8.56. The van der Waals surface area contributed by atoms with Crippen LogP contribution in [0.15, 0.2) is 73.1 Å². The van der Waals surface area contributed by atoms with E-state index in [0.717, 1.165) is 0 Å². The van der Waals surface area contributed by atoms with E-state index in [0.29, 0.717) is 71.5 Å². The summed E-state index contributed by atoms with van der Waals surface area (Å²) in [4.78, 5) is 44.7. The number of piperidine rings is 2. The summed E-state index contributed by atoms with van der Waals surface area (Å²) in [5.74, 6) is -0.597. The molecule has 0 bridgehead atoms. The number of anilines is 2. The zero-order chi connectivity index (χ0) is 46.2. The first kappa shape index (κ1) is 42.7. The van der Waals surface area contributed by atoms with Crippen LogP contribution in [0.2, 0.25) is 0 Å². The lowest BCUT2D eigenvalue weighted by atomic mass is 10.0. The van der Waals surface area contributed by atoms with Crippen LogP contribution < -0.4 is 20.4 Å². The van der Waals surface area contributed by atoms with Gasteiger partial charge in [-0.2, -0.15) is 20.7 Å². The van der Waals surface area contributed by atoms with E-state index >= 15 is 0 Å². The van der Waals surface area contributed by atoms with Crippen LogP contribution in [0.25, 0.3) is 43.6 Å². The standard InChI is InChI=1S/2C23H18FN7O2/c2*1-26-15-5-7-30(12-19(15)32)20-6-8-31(29-20)18-9-16(28-17-11-27-23(33)22(17)18)21-13(10-25)3-2-4-14(21)24/h2*2-4,6,8-9,15,19,32H,5,7,11-12H2,(H,27,33)/t2*15-,19-/m00/s1. The predicted octanol–water partition coefficient (Wildman–Crippen LogP) is 4.09. The number of aliphatic hydroxyl groups excluding tert-OH is 2. The zero-order valence-corrected chi connectivity index (χ0v) is 34.7. The van der Waals surface area contributed by atoms with Crippen LogP contribution in [0.1, 0.15) is 56.1 Å². The molecule has 0 aliphatic carbocycles. The van der Waals surface area contributed by atoms with E-state index in [2.05, 4.69) is 40.5 Å². The van der Waals surface area contributed by atoms with Crippen molar-refractivity contribution in [1.82, 2.24) is 40.2 Å². The van der Waals surface area contributed by atoms with Gasteiger partial charge in [0.05, 0.1) is 106 Å². The molecule has 66 heavy (non-hydrogen) atoms. The molecule has 8 heterocycles. The smallest absolute Gasteiger partial charge is 0.255 e. The molecule has 2 fully saturated rings. The Morgan fingerprint density at radius 3 is 1.47 bits per heavy atom. The Labute approximate surface area is 375 Å². The molecule has 4 aliphatic heterocycles. The van der Waals surface area contributed by atoms with E-state index in [4.69, 9.17) is 13.1 Å². The molecule has 4 aromatic heterocycles. The summed E-state index contributed by atoms with van der Waals surface area (Å²) in [7, 11) is 0. The minimum Gasteiger partial charge on any atom is -0.383 e. The molecule has 6 aromatic rings. The SMILES string of the molecule is [C-]#[N+][C@H]1CCN(c2ccn(-c3cc(-c4c(F)cccc4C#N)nc4c3C(=O)NC4)n2)C[C@@H]1O.[C-]#[N+][C@H]1CCN(c2ccn(-c3cc(-c4c(F)cccc4C#N)nc4c3C(=O)NC4)n2)C[C@@H]1O. The molecular formula is C46H36F2N14O4. The highest BCUT2D eigenvalue weighted by Crippen LogP contribution is 2.34. The van der Waals surface area contributed by atoms with Gasteiger partial charge < -0.3 is 40.3 Å². The van der Waals surface area contributed by atoms with E-state index in [-0.39, 0.29) is 71.6 Å². The molecule has 328 valence electrons. The number of aliphatic hydroxyl groups is 2. The summed E-state index contributed by atoms with van der Waals surface area (Å²) >= 11 is 0. The number of hydrogen-bond acceptors (Lipinski definition) is 12. The number of β-amino-alcohol motifs (C(OH)–C–C–N with tert-alkyl or cyclic N) is 2. The lowest BCUT2D eigenvalue weighted by Gasteiger charge is -2.30. The predicted molar refractivity (Wildman–Crippen MR) is 232 cm³/mol. The molecule has 4 N–H and O–H groups in total. The Kier molecular flexibility index (Phi) is 11.4. The number of benzene rings is 2. The third-order valence-corrected chi connectivity index (χ3v) is 11.9. The minimum atomic E-state index is -0.769. The van der Waals surface area contributed by atoms with Crippen molar-refractivity contribution < 1.29 is 28.6 Å². The van der Waals surface area contributed by atoms with Crippen molar-refractivity contribution >= 4 is 23.5 Å². The van der Waals surface area contributed by atoms with Crippen molar-refractivity contribution in [2.24, 2.45) is 0 Å². The zero-order valence-electron chi connectivity index (χ0n) is 34.7. The first-order valence-electron chi connectivity index (χ1n) is 20.7. The summed E-state index contributed by atoms with van der Waals surface area (Å²) < 4.78 is 32.4. The molecular weight excluding hydrogens is 851 g/mol. The third-order valence-electron chi connectivity index (χ3n) is 11.9. The van der Waals surface area contributed by atoms with Gasteiger partial charge >= 0.3 is 0 Å². The maximum absolute atomic E-state index is 14.7. The van der Waals surface area contributed by atoms with Gasteiger partial charge in [0.2, 0.25) is 0 Å². The molecule has 20 heteroatoms. The van der Waals surface area contributed by atoms with Gasteiger partial charge in [0.15, 0.2) is 11.6 Å². The molecule has 18 nitrogen and oxygen atoms in total. The highest BCUT2D eigenvalue weighted by molar-refractivity contribution is 6.02. The van der Waals surface area contributed by atoms with Crippen LogP contribution in [0.4, 0.5) is 20.4 Å². The summed E-state index contributed by atoms with van der Waals surface area (Å²) in [6.45, 7) is 16.4. The summed E-state index contributed by atoms with van der Waals surface area (Å²) in [6, 6.07) is 18.2. The normalized spacial score (nSPS) is 19.5. The number of fused-ring (bicyclic) bond motifs is 2. The van der Waals surface area contributed by atoms with E-state index in [1.807, 2.05) is 21.9 Å².